The summed E-state index contributed by atoms with van der Waals surface area (Å²) < 4.78 is 0. The number of benzene rings is 1. The Morgan fingerprint density at radius 3 is 2.59 bits per heavy atom. The van der Waals surface area contributed by atoms with Gasteiger partial charge in [-0.15, -0.1) is 35.3 Å². The van der Waals surface area contributed by atoms with Crippen LogP contribution >= 0.6 is 35.3 Å². The van der Waals surface area contributed by atoms with Gasteiger partial charge in [-0.2, -0.15) is 0 Å². The molecule has 0 bridgehead atoms. The third-order valence-electron chi connectivity index (χ3n) is 4.86. The Labute approximate surface area is 183 Å². The minimum absolute atomic E-state index is 0. The molecule has 0 amide bonds. The van der Waals surface area contributed by atoms with E-state index < -0.39 is 0 Å². The van der Waals surface area contributed by atoms with Gasteiger partial charge in [-0.05, 0) is 38.4 Å². The van der Waals surface area contributed by atoms with Crippen LogP contribution in [0.4, 0.5) is 0 Å². The molecule has 1 unspecified atom stereocenters. The standard InChI is InChI=1S/C20H29N5S.HI/c1-16-23-18(15-26-16)14-24(3)20(21-2)22-13-19(25-11-7-8-12-25)17-9-5-4-6-10-17;/h4-6,9-10,15,19H,7-8,11-14H2,1-3H3,(H,21,22);1H. The zero-order valence-corrected chi connectivity index (χ0v) is 19.5. The topological polar surface area (TPSA) is 43.8 Å². The van der Waals surface area contributed by atoms with Gasteiger partial charge in [0.05, 0.1) is 23.3 Å². The minimum Gasteiger partial charge on any atom is -0.354 e. The molecule has 1 N–H and O–H groups in total. The molecule has 1 atom stereocenters. The predicted octanol–water partition coefficient (Wildman–Crippen LogP) is 3.91. The highest BCUT2D eigenvalue weighted by Gasteiger charge is 2.24. The molecule has 1 aromatic carbocycles. The van der Waals surface area contributed by atoms with Crippen molar-refractivity contribution in [2.24, 2.45) is 4.99 Å². The van der Waals surface area contributed by atoms with E-state index >= 15 is 0 Å². The second-order valence-electron chi connectivity index (χ2n) is 6.81. The van der Waals surface area contributed by atoms with Gasteiger partial charge >= 0.3 is 0 Å². The van der Waals surface area contributed by atoms with Crippen LogP contribution in [0.1, 0.15) is 35.1 Å². The largest absolute Gasteiger partial charge is 0.354 e. The summed E-state index contributed by atoms with van der Waals surface area (Å²) in [6.45, 7) is 6.02. The van der Waals surface area contributed by atoms with E-state index in [4.69, 9.17) is 0 Å². The predicted molar refractivity (Wildman–Crippen MR) is 125 cm³/mol. The zero-order valence-electron chi connectivity index (χ0n) is 16.4. The van der Waals surface area contributed by atoms with Gasteiger partial charge in [0, 0.05) is 26.0 Å². The van der Waals surface area contributed by atoms with Crippen LogP contribution < -0.4 is 5.32 Å². The maximum absolute atomic E-state index is 4.56. The summed E-state index contributed by atoms with van der Waals surface area (Å²) >= 11 is 1.69. The molecule has 0 aliphatic carbocycles. The van der Waals surface area contributed by atoms with Gasteiger partial charge in [-0.1, -0.05) is 30.3 Å². The van der Waals surface area contributed by atoms with Crippen molar-refractivity contribution in [2.45, 2.75) is 32.4 Å². The lowest BCUT2D eigenvalue weighted by molar-refractivity contribution is 0.244. The SMILES string of the molecule is CN=C(NCC(c1ccccc1)N1CCCC1)N(C)Cc1csc(C)n1.I. The van der Waals surface area contributed by atoms with E-state index in [1.165, 1.54) is 31.5 Å². The molecule has 2 aromatic rings. The molecule has 148 valence electrons. The van der Waals surface area contributed by atoms with Crippen LogP contribution in [0.3, 0.4) is 0 Å². The van der Waals surface area contributed by atoms with Gasteiger partial charge in [-0.3, -0.25) is 9.89 Å². The molecular weight excluding hydrogens is 469 g/mol. The first-order valence-corrected chi connectivity index (χ1v) is 10.2. The van der Waals surface area contributed by atoms with Crippen molar-refractivity contribution >= 4 is 41.3 Å². The Balaban J connectivity index is 0.00000261. The first-order chi connectivity index (χ1) is 12.7. The number of aromatic nitrogens is 1. The van der Waals surface area contributed by atoms with Crippen LogP contribution in [0.5, 0.6) is 0 Å². The molecule has 3 rings (SSSR count). The summed E-state index contributed by atoms with van der Waals surface area (Å²) in [5.41, 5.74) is 2.47. The number of aryl methyl sites for hydroxylation is 1. The van der Waals surface area contributed by atoms with Crippen molar-refractivity contribution in [3.63, 3.8) is 0 Å². The lowest BCUT2D eigenvalue weighted by atomic mass is 10.1. The third-order valence-corrected chi connectivity index (χ3v) is 5.68. The molecule has 0 spiro atoms. The Morgan fingerprint density at radius 2 is 2.00 bits per heavy atom. The molecule has 1 fully saturated rings. The van der Waals surface area contributed by atoms with Gasteiger partial charge < -0.3 is 10.2 Å². The summed E-state index contributed by atoms with van der Waals surface area (Å²) in [5.74, 6) is 0.913. The number of aliphatic imine (C=N–C) groups is 1. The highest BCUT2D eigenvalue weighted by molar-refractivity contribution is 14.0. The summed E-state index contributed by atoms with van der Waals surface area (Å²) in [4.78, 5) is 13.8. The van der Waals surface area contributed by atoms with Crippen molar-refractivity contribution in [1.29, 1.82) is 0 Å². The van der Waals surface area contributed by atoms with Crippen molar-refractivity contribution in [3.05, 3.63) is 52.0 Å². The van der Waals surface area contributed by atoms with Gasteiger partial charge in [0.25, 0.3) is 0 Å². The van der Waals surface area contributed by atoms with Crippen molar-refractivity contribution in [3.8, 4) is 0 Å². The number of likely N-dealkylation sites (tertiary alicyclic amines) is 1. The average Bonchev–Trinajstić information content (AvgIpc) is 3.31. The van der Waals surface area contributed by atoms with E-state index in [-0.39, 0.29) is 24.0 Å². The molecule has 0 saturated carbocycles. The van der Waals surface area contributed by atoms with Crippen molar-refractivity contribution in [1.82, 2.24) is 20.1 Å². The van der Waals surface area contributed by atoms with Crippen LogP contribution in [0.15, 0.2) is 40.7 Å². The highest BCUT2D eigenvalue weighted by atomic mass is 127. The fraction of sp³-hybridized carbons (Fsp3) is 0.500. The molecule has 1 saturated heterocycles. The van der Waals surface area contributed by atoms with Gasteiger partial charge in [0.1, 0.15) is 0 Å². The van der Waals surface area contributed by atoms with E-state index in [1.807, 2.05) is 14.0 Å². The van der Waals surface area contributed by atoms with E-state index in [0.717, 1.165) is 29.8 Å². The van der Waals surface area contributed by atoms with E-state index in [1.54, 1.807) is 11.3 Å². The fourth-order valence-electron chi connectivity index (χ4n) is 3.56. The van der Waals surface area contributed by atoms with Gasteiger partial charge in [0.2, 0.25) is 0 Å². The normalized spacial score (nSPS) is 16.0. The van der Waals surface area contributed by atoms with Gasteiger partial charge in [-0.25, -0.2) is 4.98 Å². The maximum Gasteiger partial charge on any atom is 0.193 e. The lowest BCUT2D eigenvalue weighted by Gasteiger charge is -2.30. The van der Waals surface area contributed by atoms with Crippen molar-refractivity contribution < 1.29 is 0 Å². The number of nitrogens with one attached hydrogen (secondary N) is 1. The molecule has 5 nitrogen and oxygen atoms in total. The molecule has 2 heterocycles. The second kappa shape index (κ2) is 11.0. The highest BCUT2D eigenvalue weighted by Crippen LogP contribution is 2.24. The maximum atomic E-state index is 4.56. The van der Waals surface area contributed by atoms with E-state index in [0.29, 0.717) is 6.04 Å². The first-order valence-electron chi connectivity index (χ1n) is 9.29. The quantitative estimate of drug-likeness (QED) is 0.372. The van der Waals surface area contributed by atoms with Crippen LogP contribution in [0.2, 0.25) is 0 Å². The van der Waals surface area contributed by atoms with E-state index in [9.17, 15) is 0 Å². The van der Waals surface area contributed by atoms with Crippen LogP contribution in [-0.4, -0.2) is 54.5 Å². The number of hydrogen-bond donors (Lipinski definition) is 1. The molecular formula is C20H30IN5S. The number of guanidine groups is 1. The van der Waals surface area contributed by atoms with Crippen LogP contribution in [0, 0.1) is 6.92 Å². The Kier molecular flexibility index (Phi) is 8.98. The lowest BCUT2D eigenvalue weighted by Crippen LogP contribution is -2.43. The summed E-state index contributed by atoms with van der Waals surface area (Å²) in [6.07, 6.45) is 2.59. The molecule has 1 aliphatic heterocycles. The number of nitrogens with zero attached hydrogens (tertiary/aromatic N) is 4. The summed E-state index contributed by atoms with van der Waals surface area (Å²) in [6, 6.07) is 11.2. The fourth-order valence-corrected chi connectivity index (χ4v) is 4.16. The summed E-state index contributed by atoms with van der Waals surface area (Å²) in [5, 5.41) is 6.81. The molecule has 0 radical (unpaired) electrons. The van der Waals surface area contributed by atoms with Crippen LogP contribution in [0.25, 0.3) is 0 Å². The Bertz CT molecular complexity index is 712. The Hall–Kier alpha value is -1.19. The second-order valence-corrected chi connectivity index (χ2v) is 7.87. The summed E-state index contributed by atoms with van der Waals surface area (Å²) in [7, 11) is 3.91. The van der Waals surface area contributed by atoms with E-state index in [2.05, 4.69) is 67.9 Å². The molecule has 1 aliphatic rings. The van der Waals surface area contributed by atoms with Crippen molar-refractivity contribution in [2.75, 3.05) is 33.7 Å². The minimum atomic E-state index is 0. The Morgan fingerprint density at radius 1 is 1.30 bits per heavy atom. The number of halogens is 1. The monoisotopic (exact) mass is 499 g/mol. The smallest absolute Gasteiger partial charge is 0.193 e. The number of hydrogen-bond acceptors (Lipinski definition) is 4. The molecule has 7 heteroatoms. The third kappa shape index (κ3) is 6.15. The average molecular weight is 499 g/mol. The number of thiazole rings is 1. The zero-order chi connectivity index (χ0) is 18.4. The van der Waals surface area contributed by atoms with Gasteiger partial charge in [0.15, 0.2) is 5.96 Å². The van der Waals surface area contributed by atoms with Crippen LogP contribution in [-0.2, 0) is 6.54 Å². The molecule has 27 heavy (non-hydrogen) atoms. The molecule has 1 aromatic heterocycles. The number of rotatable bonds is 6. The first kappa shape index (κ1) is 22.1.